The monoisotopic (exact) mass is 216 g/mol. The third-order valence-electron chi connectivity index (χ3n) is 2.95. The summed E-state index contributed by atoms with van der Waals surface area (Å²) >= 11 is 0. The molecule has 0 saturated carbocycles. The smallest absolute Gasteiger partial charge is 0.150 e. The van der Waals surface area contributed by atoms with E-state index in [1.54, 1.807) is 0 Å². The second-order valence-corrected chi connectivity index (χ2v) is 4.15. The Morgan fingerprint density at radius 3 is 2.69 bits per heavy atom. The number of hydrogen-bond acceptors (Lipinski definition) is 3. The standard InChI is InChI=1S/C13H16N2O/c1-9-6-11(8-16)12(7-10(9)2)13-14-4-3-5-15-13/h6-8H,3-5H2,1-2H3,(H,14,15). The molecule has 0 spiro atoms. The van der Waals surface area contributed by atoms with E-state index in [1.807, 2.05) is 19.1 Å². The zero-order valence-electron chi connectivity index (χ0n) is 9.71. The van der Waals surface area contributed by atoms with Crippen LogP contribution in [0.4, 0.5) is 0 Å². The van der Waals surface area contributed by atoms with Crippen LogP contribution < -0.4 is 5.32 Å². The van der Waals surface area contributed by atoms with Crippen molar-refractivity contribution in [3.8, 4) is 0 Å². The number of nitrogens with zero attached hydrogens (tertiary/aromatic N) is 1. The van der Waals surface area contributed by atoms with Gasteiger partial charge in [-0.1, -0.05) is 0 Å². The minimum Gasteiger partial charge on any atom is -0.370 e. The summed E-state index contributed by atoms with van der Waals surface area (Å²) < 4.78 is 0. The summed E-state index contributed by atoms with van der Waals surface area (Å²) in [6.45, 7) is 5.84. The first kappa shape index (κ1) is 10.9. The maximum atomic E-state index is 11.1. The topological polar surface area (TPSA) is 41.5 Å². The third-order valence-corrected chi connectivity index (χ3v) is 2.95. The molecule has 3 nitrogen and oxygen atoms in total. The van der Waals surface area contributed by atoms with Gasteiger partial charge in [-0.25, -0.2) is 0 Å². The zero-order valence-corrected chi connectivity index (χ0v) is 9.71. The summed E-state index contributed by atoms with van der Waals surface area (Å²) in [5.74, 6) is 0.858. The summed E-state index contributed by atoms with van der Waals surface area (Å²) in [4.78, 5) is 15.5. The van der Waals surface area contributed by atoms with Gasteiger partial charge in [0.15, 0.2) is 6.29 Å². The molecule has 1 aliphatic rings. The van der Waals surface area contributed by atoms with Crippen molar-refractivity contribution in [1.82, 2.24) is 5.32 Å². The molecule has 0 amide bonds. The normalized spacial score (nSPS) is 15.2. The number of carbonyl (C=O) groups excluding carboxylic acids is 1. The Bertz CT molecular complexity index is 449. The van der Waals surface area contributed by atoms with Crippen LogP contribution in [-0.2, 0) is 0 Å². The largest absolute Gasteiger partial charge is 0.370 e. The van der Waals surface area contributed by atoms with Gasteiger partial charge in [-0.05, 0) is 43.5 Å². The first-order chi connectivity index (χ1) is 7.72. The highest BCUT2D eigenvalue weighted by Gasteiger charge is 2.12. The SMILES string of the molecule is Cc1cc(C=O)c(C2=NCCCN2)cc1C. The lowest BCUT2D eigenvalue weighted by molar-refractivity contribution is 0.112. The highest BCUT2D eigenvalue weighted by molar-refractivity contribution is 6.05. The molecule has 16 heavy (non-hydrogen) atoms. The quantitative estimate of drug-likeness (QED) is 0.767. The molecule has 1 aromatic rings. The summed E-state index contributed by atoms with van der Waals surface area (Å²) in [5, 5.41) is 3.25. The first-order valence-corrected chi connectivity index (χ1v) is 5.57. The fourth-order valence-electron chi connectivity index (χ4n) is 1.85. The molecule has 0 atom stereocenters. The first-order valence-electron chi connectivity index (χ1n) is 5.57. The van der Waals surface area contributed by atoms with Crippen LogP contribution >= 0.6 is 0 Å². The van der Waals surface area contributed by atoms with Gasteiger partial charge in [0.05, 0.1) is 0 Å². The number of benzene rings is 1. The van der Waals surface area contributed by atoms with Gasteiger partial charge in [-0.3, -0.25) is 9.79 Å². The van der Waals surface area contributed by atoms with Gasteiger partial charge in [0, 0.05) is 24.2 Å². The van der Waals surface area contributed by atoms with Crippen molar-refractivity contribution in [2.45, 2.75) is 20.3 Å². The van der Waals surface area contributed by atoms with Crippen LogP contribution in [-0.4, -0.2) is 25.2 Å². The van der Waals surface area contributed by atoms with Crippen LogP contribution in [0, 0.1) is 13.8 Å². The van der Waals surface area contributed by atoms with Gasteiger partial charge in [0.1, 0.15) is 5.84 Å². The molecule has 1 N–H and O–H groups in total. The highest BCUT2D eigenvalue weighted by Crippen LogP contribution is 2.16. The number of hydrogen-bond donors (Lipinski definition) is 1. The molecule has 3 heteroatoms. The van der Waals surface area contributed by atoms with E-state index in [-0.39, 0.29) is 0 Å². The summed E-state index contributed by atoms with van der Waals surface area (Å²) in [6.07, 6.45) is 1.96. The number of nitrogens with one attached hydrogen (secondary N) is 1. The van der Waals surface area contributed by atoms with Crippen LogP contribution in [0.2, 0.25) is 0 Å². The molecule has 0 radical (unpaired) electrons. The Labute approximate surface area is 95.6 Å². The van der Waals surface area contributed by atoms with Crippen molar-refractivity contribution in [1.29, 1.82) is 0 Å². The van der Waals surface area contributed by atoms with Gasteiger partial charge >= 0.3 is 0 Å². The third kappa shape index (κ3) is 1.98. The Morgan fingerprint density at radius 1 is 1.31 bits per heavy atom. The van der Waals surface area contributed by atoms with E-state index in [0.29, 0.717) is 0 Å². The van der Waals surface area contributed by atoms with Crippen molar-refractivity contribution in [3.05, 3.63) is 34.4 Å². The minimum absolute atomic E-state index is 0.719. The number of aryl methyl sites for hydroxylation is 2. The number of rotatable bonds is 2. The molecular formula is C13H16N2O. The average Bonchev–Trinajstić information content (AvgIpc) is 2.33. The van der Waals surface area contributed by atoms with E-state index < -0.39 is 0 Å². The Hall–Kier alpha value is -1.64. The van der Waals surface area contributed by atoms with Crippen LogP contribution in [0.5, 0.6) is 0 Å². The maximum Gasteiger partial charge on any atom is 0.150 e. The Morgan fingerprint density at radius 2 is 2.06 bits per heavy atom. The predicted molar refractivity (Wildman–Crippen MR) is 65.3 cm³/mol. The summed E-state index contributed by atoms with van der Waals surface area (Å²) in [6, 6.07) is 3.96. The van der Waals surface area contributed by atoms with Crippen molar-refractivity contribution in [2.75, 3.05) is 13.1 Å². The lowest BCUT2D eigenvalue weighted by Crippen LogP contribution is -2.31. The van der Waals surface area contributed by atoms with E-state index in [0.717, 1.165) is 48.3 Å². The molecule has 0 bridgehead atoms. The Balaban J connectivity index is 2.50. The lowest BCUT2D eigenvalue weighted by atomic mass is 9.99. The van der Waals surface area contributed by atoms with Gasteiger partial charge in [-0.15, -0.1) is 0 Å². The predicted octanol–water partition coefficient (Wildman–Crippen LogP) is 1.86. The van der Waals surface area contributed by atoms with Gasteiger partial charge in [-0.2, -0.15) is 0 Å². The summed E-state index contributed by atoms with van der Waals surface area (Å²) in [7, 11) is 0. The molecule has 2 rings (SSSR count). The molecule has 0 fully saturated rings. The molecule has 0 saturated heterocycles. The van der Waals surface area contributed by atoms with E-state index in [9.17, 15) is 4.79 Å². The molecular weight excluding hydrogens is 200 g/mol. The molecule has 1 aromatic carbocycles. The van der Waals surface area contributed by atoms with Gasteiger partial charge in [0.2, 0.25) is 0 Å². The number of carbonyl (C=O) groups is 1. The van der Waals surface area contributed by atoms with Crippen LogP contribution in [0.3, 0.4) is 0 Å². The van der Waals surface area contributed by atoms with Crippen LogP contribution in [0.15, 0.2) is 17.1 Å². The van der Waals surface area contributed by atoms with Crippen molar-refractivity contribution >= 4 is 12.1 Å². The molecule has 84 valence electrons. The van der Waals surface area contributed by atoms with Crippen molar-refractivity contribution < 1.29 is 4.79 Å². The van der Waals surface area contributed by atoms with Crippen molar-refractivity contribution in [2.24, 2.45) is 4.99 Å². The average molecular weight is 216 g/mol. The second kappa shape index (κ2) is 4.47. The number of aldehydes is 1. The lowest BCUT2D eigenvalue weighted by Gasteiger charge is -2.17. The zero-order chi connectivity index (χ0) is 11.5. The number of aliphatic imine (C=N–C) groups is 1. The second-order valence-electron chi connectivity index (χ2n) is 4.15. The van der Waals surface area contributed by atoms with Crippen molar-refractivity contribution in [3.63, 3.8) is 0 Å². The summed E-state index contributed by atoms with van der Waals surface area (Å²) in [5.41, 5.74) is 3.98. The molecule has 1 aliphatic heterocycles. The van der Waals surface area contributed by atoms with E-state index in [4.69, 9.17) is 0 Å². The highest BCUT2D eigenvalue weighted by atomic mass is 16.1. The van der Waals surface area contributed by atoms with Crippen LogP contribution in [0.25, 0.3) is 0 Å². The van der Waals surface area contributed by atoms with Gasteiger partial charge < -0.3 is 5.32 Å². The maximum absolute atomic E-state index is 11.1. The molecule has 0 aliphatic carbocycles. The fraction of sp³-hybridized carbons (Fsp3) is 0.385. The molecule has 0 aromatic heterocycles. The fourth-order valence-corrected chi connectivity index (χ4v) is 1.85. The minimum atomic E-state index is 0.719. The van der Waals surface area contributed by atoms with E-state index in [2.05, 4.69) is 17.2 Å². The number of amidine groups is 1. The molecule has 1 heterocycles. The molecule has 0 unspecified atom stereocenters. The van der Waals surface area contributed by atoms with E-state index >= 15 is 0 Å². The van der Waals surface area contributed by atoms with E-state index in [1.165, 1.54) is 5.56 Å². The van der Waals surface area contributed by atoms with Crippen LogP contribution in [0.1, 0.15) is 33.5 Å². The Kier molecular flexibility index (Phi) is 3.04. The van der Waals surface area contributed by atoms with Gasteiger partial charge in [0.25, 0.3) is 0 Å².